The number of methoxy groups -OCH3 is 1. The Morgan fingerprint density at radius 3 is 2.69 bits per heavy atom. The van der Waals surface area contributed by atoms with Crippen LogP contribution in [0.2, 0.25) is 5.02 Å². The summed E-state index contributed by atoms with van der Waals surface area (Å²) in [7, 11) is 1.60. The molecule has 1 aromatic heterocycles. The fourth-order valence-corrected chi connectivity index (χ4v) is 4.05. The summed E-state index contributed by atoms with van der Waals surface area (Å²) >= 11 is 6.62. The molecular weight excluding hydrogens is 391 g/mol. The maximum atomic E-state index is 15.7. The van der Waals surface area contributed by atoms with E-state index in [1.165, 1.54) is 6.33 Å². The molecule has 0 aliphatic carbocycles. The molecule has 4 aromatic rings. The van der Waals surface area contributed by atoms with Crippen molar-refractivity contribution in [1.29, 1.82) is 0 Å². The Labute approximate surface area is 171 Å². The van der Waals surface area contributed by atoms with Crippen LogP contribution in [-0.4, -0.2) is 36.2 Å². The van der Waals surface area contributed by atoms with E-state index in [9.17, 15) is 0 Å². The fourth-order valence-electron chi connectivity index (χ4n) is 3.76. The second-order valence-electron chi connectivity index (χ2n) is 7.03. The van der Waals surface area contributed by atoms with Crippen LogP contribution in [-0.2, 0) is 0 Å². The van der Waals surface area contributed by atoms with E-state index in [0.29, 0.717) is 33.1 Å². The molecule has 0 amide bonds. The van der Waals surface area contributed by atoms with Crippen molar-refractivity contribution in [1.82, 2.24) is 15.3 Å². The summed E-state index contributed by atoms with van der Waals surface area (Å²) < 4.78 is 21.3. The lowest BCUT2D eigenvalue weighted by atomic mass is 9.96. The second kappa shape index (κ2) is 7.13. The van der Waals surface area contributed by atoms with E-state index in [1.54, 1.807) is 13.2 Å². The number of rotatable bonds is 4. The smallest absolute Gasteiger partial charge is 0.158 e. The summed E-state index contributed by atoms with van der Waals surface area (Å²) in [4.78, 5) is 8.51. The summed E-state index contributed by atoms with van der Waals surface area (Å²) in [5.74, 6) is 0.781. The number of nitrogens with one attached hydrogen (secondary N) is 2. The molecule has 1 aliphatic heterocycles. The first-order valence-electron chi connectivity index (χ1n) is 9.33. The van der Waals surface area contributed by atoms with E-state index in [2.05, 4.69) is 20.6 Å². The number of benzene rings is 3. The summed E-state index contributed by atoms with van der Waals surface area (Å²) in [5.41, 5.74) is 1.21. The topological polar surface area (TPSA) is 59.1 Å². The molecule has 1 saturated heterocycles. The zero-order valence-corrected chi connectivity index (χ0v) is 16.4. The number of aromatic nitrogens is 2. The first-order chi connectivity index (χ1) is 14.2. The summed E-state index contributed by atoms with van der Waals surface area (Å²) in [6.45, 7) is 1.69. The standard InChI is InChI=1S/C22H18ClFN4O/c1-29-17-7-3-5-12-4-2-6-14(18(12)17)19-16(23)8-15-21(20(19)24)26-11-27-22(15)28-13-9-25-10-13/h2-8,11,13,25H,9-10H2,1H3,(H,26,27,28). The third-order valence-electron chi connectivity index (χ3n) is 5.30. The summed E-state index contributed by atoms with van der Waals surface area (Å²) in [6.07, 6.45) is 1.38. The maximum absolute atomic E-state index is 15.7. The second-order valence-corrected chi connectivity index (χ2v) is 7.44. The molecule has 1 fully saturated rings. The number of hydrogen-bond donors (Lipinski definition) is 2. The molecule has 0 radical (unpaired) electrons. The Kier molecular flexibility index (Phi) is 4.45. The molecule has 7 heteroatoms. The van der Waals surface area contributed by atoms with Crippen molar-refractivity contribution in [2.45, 2.75) is 6.04 Å². The van der Waals surface area contributed by atoms with Crippen LogP contribution < -0.4 is 15.4 Å². The highest BCUT2D eigenvalue weighted by atomic mass is 35.5. The van der Waals surface area contributed by atoms with Crippen LogP contribution in [0.5, 0.6) is 5.75 Å². The molecule has 2 heterocycles. The highest BCUT2D eigenvalue weighted by Gasteiger charge is 2.22. The molecule has 0 spiro atoms. The Morgan fingerprint density at radius 2 is 1.97 bits per heavy atom. The molecule has 5 rings (SSSR count). The van der Waals surface area contributed by atoms with Crippen LogP contribution >= 0.6 is 11.6 Å². The molecule has 3 aromatic carbocycles. The largest absolute Gasteiger partial charge is 0.496 e. The van der Waals surface area contributed by atoms with Gasteiger partial charge in [-0.25, -0.2) is 14.4 Å². The van der Waals surface area contributed by atoms with Gasteiger partial charge >= 0.3 is 0 Å². The Morgan fingerprint density at radius 1 is 1.17 bits per heavy atom. The van der Waals surface area contributed by atoms with Gasteiger partial charge in [0.25, 0.3) is 0 Å². The number of hydrogen-bond acceptors (Lipinski definition) is 5. The molecule has 0 saturated carbocycles. The molecule has 1 aliphatic rings. The van der Waals surface area contributed by atoms with Crippen LogP contribution in [0.4, 0.5) is 10.2 Å². The van der Waals surface area contributed by atoms with Crippen molar-refractivity contribution in [3.8, 4) is 16.9 Å². The fraction of sp³-hybridized carbons (Fsp3) is 0.182. The maximum Gasteiger partial charge on any atom is 0.158 e. The first kappa shape index (κ1) is 18.1. The number of fused-ring (bicyclic) bond motifs is 2. The first-order valence-corrected chi connectivity index (χ1v) is 9.71. The summed E-state index contributed by atoms with van der Waals surface area (Å²) in [6, 6.07) is 13.4. The number of nitrogens with zero attached hydrogens (tertiary/aromatic N) is 2. The quantitative estimate of drug-likeness (QED) is 0.515. The normalized spacial score (nSPS) is 14.2. The van der Waals surface area contributed by atoms with Gasteiger partial charge in [-0.1, -0.05) is 41.9 Å². The van der Waals surface area contributed by atoms with Gasteiger partial charge in [0.15, 0.2) is 5.82 Å². The van der Waals surface area contributed by atoms with Crippen molar-refractivity contribution in [3.05, 3.63) is 59.6 Å². The Hall–Kier alpha value is -2.96. The van der Waals surface area contributed by atoms with Crippen LogP contribution in [0.1, 0.15) is 0 Å². The monoisotopic (exact) mass is 408 g/mol. The van der Waals surface area contributed by atoms with Crippen LogP contribution in [0, 0.1) is 5.82 Å². The zero-order chi connectivity index (χ0) is 20.0. The molecule has 0 atom stereocenters. The summed E-state index contributed by atoms with van der Waals surface area (Å²) in [5, 5.41) is 9.14. The van der Waals surface area contributed by atoms with E-state index in [4.69, 9.17) is 16.3 Å². The highest BCUT2D eigenvalue weighted by molar-refractivity contribution is 6.35. The van der Waals surface area contributed by atoms with Crippen molar-refractivity contribution < 1.29 is 9.13 Å². The van der Waals surface area contributed by atoms with Gasteiger partial charge in [0.1, 0.15) is 23.4 Å². The molecule has 5 nitrogen and oxygen atoms in total. The van der Waals surface area contributed by atoms with Gasteiger partial charge < -0.3 is 15.4 Å². The molecule has 0 bridgehead atoms. The van der Waals surface area contributed by atoms with Crippen LogP contribution in [0.15, 0.2) is 48.8 Å². The van der Waals surface area contributed by atoms with Gasteiger partial charge in [-0.15, -0.1) is 0 Å². The van der Waals surface area contributed by atoms with Gasteiger partial charge in [0.05, 0.1) is 18.2 Å². The van der Waals surface area contributed by atoms with Gasteiger partial charge in [-0.3, -0.25) is 0 Å². The third-order valence-corrected chi connectivity index (χ3v) is 5.60. The molecule has 0 unspecified atom stereocenters. The lowest BCUT2D eigenvalue weighted by Crippen LogP contribution is -2.51. The van der Waals surface area contributed by atoms with E-state index < -0.39 is 5.82 Å². The average Bonchev–Trinajstić information content (AvgIpc) is 2.70. The van der Waals surface area contributed by atoms with Crippen molar-refractivity contribution in [2.75, 3.05) is 25.5 Å². The van der Waals surface area contributed by atoms with Crippen molar-refractivity contribution >= 4 is 39.1 Å². The van der Waals surface area contributed by atoms with Crippen molar-refractivity contribution in [3.63, 3.8) is 0 Å². The molecule has 2 N–H and O–H groups in total. The van der Waals surface area contributed by atoms with Gasteiger partial charge in [0, 0.05) is 29.4 Å². The van der Waals surface area contributed by atoms with Crippen molar-refractivity contribution in [2.24, 2.45) is 0 Å². The Bertz CT molecular complexity index is 1240. The zero-order valence-electron chi connectivity index (χ0n) is 15.7. The number of halogens is 2. The lowest BCUT2D eigenvalue weighted by Gasteiger charge is -2.28. The minimum atomic E-state index is -0.469. The van der Waals surface area contributed by atoms with E-state index in [-0.39, 0.29) is 11.6 Å². The van der Waals surface area contributed by atoms with Crippen LogP contribution in [0.3, 0.4) is 0 Å². The SMILES string of the molecule is COc1cccc2cccc(-c3c(Cl)cc4c(NC5CNC5)ncnc4c3F)c12. The van der Waals surface area contributed by atoms with E-state index >= 15 is 4.39 Å². The lowest BCUT2D eigenvalue weighted by molar-refractivity contribution is 0.420. The van der Waals surface area contributed by atoms with Crippen LogP contribution in [0.25, 0.3) is 32.8 Å². The van der Waals surface area contributed by atoms with Gasteiger partial charge in [-0.05, 0) is 23.1 Å². The van der Waals surface area contributed by atoms with E-state index in [0.717, 1.165) is 23.9 Å². The molecule has 146 valence electrons. The minimum Gasteiger partial charge on any atom is -0.496 e. The third kappa shape index (κ3) is 2.96. The van der Waals surface area contributed by atoms with E-state index in [1.807, 2.05) is 36.4 Å². The highest BCUT2D eigenvalue weighted by Crippen LogP contribution is 2.42. The molecule has 29 heavy (non-hydrogen) atoms. The van der Waals surface area contributed by atoms with Gasteiger partial charge in [-0.2, -0.15) is 0 Å². The Balaban J connectivity index is 1.76. The molecular formula is C22H18ClFN4O. The predicted octanol–water partition coefficient (Wildman–Crippen LogP) is 4.63. The minimum absolute atomic E-state index is 0.237. The predicted molar refractivity (Wildman–Crippen MR) is 114 cm³/mol. The average molecular weight is 409 g/mol. The number of anilines is 1. The van der Waals surface area contributed by atoms with Gasteiger partial charge in [0.2, 0.25) is 0 Å². The number of ether oxygens (including phenoxy) is 1.